The van der Waals surface area contributed by atoms with E-state index in [1.54, 1.807) is 6.20 Å². The topological polar surface area (TPSA) is 50.2 Å². The quantitative estimate of drug-likeness (QED) is 0.897. The molecule has 1 aliphatic carbocycles. The molecule has 1 fully saturated rings. The van der Waals surface area contributed by atoms with Crippen molar-refractivity contribution in [3.05, 3.63) is 42.1 Å². The van der Waals surface area contributed by atoms with Crippen LogP contribution in [-0.4, -0.2) is 15.9 Å². The Morgan fingerprint density at radius 3 is 2.95 bits per heavy atom. The van der Waals surface area contributed by atoms with Crippen molar-refractivity contribution in [3.8, 4) is 0 Å². The van der Waals surface area contributed by atoms with Crippen LogP contribution >= 0.6 is 0 Å². The number of nitrogens with zero attached hydrogens (tertiary/aromatic N) is 1. The van der Waals surface area contributed by atoms with Crippen LogP contribution in [0.15, 0.2) is 36.5 Å². The van der Waals surface area contributed by atoms with Crippen LogP contribution < -0.4 is 0 Å². The molecule has 19 heavy (non-hydrogen) atoms. The third kappa shape index (κ3) is 2.38. The molecule has 1 aliphatic rings. The molecule has 0 unspecified atom stereocenters. The summed E-state index contributed by atoms with van der Waals surface area (Å²) in [6.45, 7) is 0. The highest BCUT2D eigenvalue weighted by molar-refractivity contribution is 5.83. The number of carbonyl (C=O) groups excluding carboxylic acids is 1. The molecule has 1 saturated carbocycles. The first-order valence-corrected chi connectivity index (χ1v) is 6.81. The molecule has 1 heterocycles. The van der Waals surface area contributed by atoms with Gasteiger partial charge in [-0.15, -0.1) is 0 Å². The zero-order chi connectivity index (χ0) is 13.2. The molecule has 0 saturated heterocycles. The molecule has 2 atom stereocenters. The van der Waals surface area contributed by atoms with E-state index in [9.17, 15) is 9.90 Å². The summed E-state index contributed by atoms with van der Waals surface area (Å²) in [5.74, 6) is -0.0661. The zero-order valence-corrected chi connectivity index (χ0v) is 10.7. The van der Waals surface area contributed by atoms with Crippen molar-refractivity contribution in [1.82, 2.24) is 4.98 Å². The van der Waals surface area contributed by atoms with Crippen LogP contribution in [0.1, 0.15) is 37.4 Å². The normalized spacial score (nSPS) is 21.5. The van der Waals surface area contributed by atoms with Crippen molar-refractivity contribution in [2.45, 2.75) is 31.8 Å². The van der Waals surface area contributed by atoms with E-state index < -0.39 is 6.10 Å². The summed E-state index contributed by atoms with van der Waals surface area (Å²) >= 11 is 0. The Balaban J connectivity index is 1.92. The zero-order valence-electron chi connectivity index (χ0n) is 10.7. The standard InChI is InChI=1S/C16H17NO2/c18-15-8-4-2-6-13(15)16(19)12-9-11-5-1-3-7-14(11)17-10-12/h1,3,5,7,9-10,13,16,19H,2,4,6,8H2/t13-,16+/m1/s1. The smallest absolute Gasteiger partial charge is 0.138 e. The number of hydrogen-bond acceptors (Lipinski definition) is 3. The molecule has 3 heteroatoms. The van der Waals surface area contributed by atoms with Crippen molar-refractivity contribution >= 4 is 16.7 Å². The molecule has 0 spiro atoms. The number of Topliss-reactive ketones (excluding diaryl/α,β-unsaturated/α-hetero) is 1. The number of hydrogen-bond donors (Lipinski definition) is 1. The SMILES string of the molecule is O=C1CCCC[C@H]1[C@@H](O)c1cnc2ccccc2c1. The molecule has 1 N–H and O–H groups in total. The average molecular weight is 255 g/mol. The van der Waals surface area contributed by atoms with Gasteiger partial charge in [-0.3, -0.25) is 9.78 Å². The minimum absolute atomic E-state index is 0.187. The largest absolute Gasteiger partial charge is 0.388 e. The Hall–Kier alpha value is -1.74. The number of aliphatic hydroxyl groups excluding tert-OH is 1. The lowest BCUT2D eigenvalue weighted by molar-refractivity contribution is -0.128. The molecule has 2 aromatic rings. The van der Waals surface area contributed by atoms with E-state index in [2.05, 4.69) is 4.98 Å². The lowest BCUT2D eigenvalue weighted by Gasteiger charge is -2.25. The fourth-order valence-corrected chi connectivity index (χ4v) is 2.83. The van der Waals surface area contributed by atoms with Gasteiger partial charge in [-0.05, 0) is 25.0 Å². The molecule has 0 radical (unpaired) electrons. The van der Waals surface area contributed by atoms with Crippen molar-refractivity contribution in [2.24, 2.45) is 5.92 Å². The summed E-state index contributed by atoms with van der Waals surface area (Å²) in [5.41, 5.74) is 1.66. The number of ketones is 1. The van der Waals surface area contributed by atoms with Crippen molar-refractivity contribution in [3.63, 3.8) is 0 Å². The van der Waals surface area contributed by atoms with E-state index in [4.69, 9.17) is 0 Å². The lowest BCUT2D eigenvalue weighted by atomic mass is 9.82. The highest BCUT2D eigenvalue weighted by atomic mass is 16.3. The molecular weight excluding hydrogens is 238 g/mol. The summed E-state index contributed by atoms with van der Waals surface area (Å²) in [5, 5.41) is 11.4. The first-order valence-electron chi connectivity index (χ1n) is 6.81. The molecule has 3 nitrogen and oxygen atoms in total. The Kier molecular flexibility index (Phi) is 3.30. The number of fused-ring (bicyclic) bond motifs is 1. The number of aliphatic hydroxyl groups is 1. The second kappa shape index (κ2) is 5.10. The molecule has 3 rings (SSSR count). The first kappa shape index (κ1) is 12.3. The van der Waals surface area contributed by atoms with Crippen molar-refractivity contribution in [1.29, 1.82) is 0 Å². The van der Waals surface area contributed by atoms with Crippen molar-refractivity contribution < 1.29 is 9.90 Å². The van der Waals surface area contributed by atoms with Crippen LogP contribution in [0, 0.1) is 5.92 Å². The van der Waals surface area contributed by atoms with E-state index in [0.29, 0.717) is 6.42 Å². The predicted molar refractivity (Wildman–Crippen MR) is 73.7 cm³/mol. The fourth-order valence-electron chi connectivity index (χ4n) is 2.83. The number of aromatic nitrogens is 1. The van der Waals surface area contributed by atoms with E-state index in [-0.39, 0.29) is 11.7 Å². The second-order valence-corrected chi connectivity index (χ2v) is 5.22. The van der Waals surface area contributed by atoms with Crippen LogP contribution in [0.2, 0.25) is 0 Å². The van der Waals surface area contributed by atoms with Gasteiger partial charge in [0.15, 0.2) is 0 Å². The Labute approximate surface area is 112 Å². The molecule has 0 bridgehead atoms. The minimum Gasteiger partial charge on any atom is -0.388 e. The molecule has 1 aromatic heterocycles. The van der Waals surface area contributed by atoms with Gasteiger partial charge in [0.2, 0.25) is 0 Å². The number of para-hydroxylation sites is 1. The number of pyridine rings is 1. The van der Waals surface area contributed by atoms with Gasteiger partial charge in [-0.2, -0.15) is 0 Å². The van der Waals surface area contributed by atoms with E-state index in [0.717, 1.165) is 35.7 Å². The van der Waals surface area contributed by atoms with Crippen molar-refractivity contribution in [2.75, 3.05) is 0 Å². The summed E-state index contributed by atoms with van der Waals surface area (Å²) in [4.78, 5) is 16.2. The highest BCUT2D eigenvalue weighted by Gasteiger charge is 2.30. The maximum absolute atomic E-state index is 11.9. The predicted octanol–water partition coefficient (Wildman–Crippen LogP) is 3.03. The maximum atomic E-state index is 11.9. The van der Waals surface area contributed by atoms with Gasteiger partial charge in [-0.1, -0.05) is 24.6 Å². The van der Waals surface area contributed by atoms with E-state index in [1.807, 2.05) is 30.3 Å². The summed E-state index contributed by atoms with van der Waals surface area (Å²) in [7, 11) is 0. The van der Waals surface area contributed by atoms with Crippen LogP contribution in [0.25, 0.3) is 10.9 Å². The lowest BCUT2D eigenvalue weighted by Crippen LogP contribution is -2.25. The van der Waals surface area contributed by atoms with Gasteiger partial charge < -0.3 is 5.11 Å². The fraction of sp³-hybridized carbons (Fsp3) is 0.375. The molecule has 98 valence electrons. The maximum Gasteiger partial charge on any atom is 0.138 e. The monoisotopic (exact) mass is 255 g/mol. The van der Waals surface area contributed by atoms with Gasteiger partial charge in [-0.25, -0.2) is 0 Å². The average Bonchev–Trinajstić information content (AvgIpc) is 2.46. The van der Waals surface area contributed by atoms with Crippen LogP contribution in [0.5, 0.6) is 0 Å². The molecule has 1 aromatic carbocycles. The molecule has 0 aliphatic heterocycles. The Morgan fingerprint density at radius 2 is 2.11 bits per heavy atom. The number of rotatable bonds is 2. The molecular formula is C16H17NO2. The van der Waals surface area contributed by atoms with Gasteiger partial charge in [0.25, 0.3) is 0 Å². The van der Waals surface area contributed by atoms with Crippen LogP contribution in [0.3, 0.4) is 0 Å². The van der Waals surface area contributed by atoms with E-state index >= 15 is 0 Å². The van der Waals surface area contributed by atoms with Gasteiger partial charge in [0.05, 0.1) is 11.6 Å². The third-order valence-corrected chi connectivity index (χ3v) is 3.94. The number of carbonyl (C=O) groups is 1. The van der Waals surface area contributed by atoms with Crippen LogP contribution in [0.4, 0.5) is 0 Å². The Morgan fingerprint density at radius 1 is 1.26 bits per heavy atom. The third-order valence-electron chi connectivity index (χ3n) is 3.94. The van der Waals surface area contributed by atoms with Gasteiger partial charge in [0, 0.05) is 29.5 Å². The second-order valence-electron chi connectivity index (χ2n) is 5.22. The van der Waals surface area contributed by atoms with Gasteiger partial charge >= 0.3 is 0 Å². The van der Waals surface area contributed by atoms with Crippen LogP contribution in [-0.2, 0) is 4.79 Å². The highest BCUT2D eigenvalue weighted by Crippen LogP contribution is 2.32. The minimum atomic E-state index is -0.718. The van der Waals surface area contributed by atoms with E-state index in [1.165, 1.54) is 0 Å². The summed E-state index contributed by atoms with van der Waals surface area (Å²) in [6.07, 6.45) is 4.33. The first-order chi connectivity index (χ1) is 9.25. The summed E-state index contributed by atoms with van der Waals surface area (Å²) in [6, 6.07) is 9.75. The van der Waals surface area contributed by atoms with Gasteiger partial charge in [0.1, 0.15) is 5.78 Å². The molecule has 0 amide bonds. The number of benzene rings is 1. The Bertz CT molecular complexity index is 608. The summed E-state index contributed by atoms with van der Waals surface area (Å²) < 4.78 is 0.